The Kier molecular flexibility index (Phi) is 21.7. The Morgan fingerprint density at radius 1 is 0.667 bits per heavy atom. The summed E-state index contributed by atoms with van der Waals surface area (Å²) in [5, 5.41) is 0.457. The van der Waals surface area contributed by atoms with Crippen LogP contribution in [0.25, 0.3) is 0 Å². The average molecular weight is 472 g/mol. The van der Waals surface area contributed by atoms with Gasteiger partial charge < -0.3 is 18.7 Å². The molecule has 0 aliphatic heterocycles. The van der Waals surface area contributed by atoms with E-state index in [2.05, 4.69) is 31.9 Å². The second kappa shape index (κ2) is 21.3. The van der Waals surface area contributed by atoms with Crippen LogP contribution in [0.1, 0.15) is 96.8 Å². The van der Waals surface area contributed by atoms with Crippen LogP contribution in [0, 0.1) is 0 Å². The van der Waals surface area contributed by atoms with Crippen LogP contribution in [0.4, 0.5) is 0 Å². The van der Waals surface area contributed by atoms with Gasteiger partial charge in [0.15, 0.2) is 0 Å². The second-order valence-corrected chi connectivity index (χ2v) is 9.22. The van der Waals surface area contributed by atoms with Crippen molar-refractivity contribution < 1.29 is 23.2 Å². The van der Waals surface area contributed by atoms with Gasteiger partial charge >= 0.3 is 0 Å². The zero-order chi connectivity index (χ0) is 20.1. The molecule has 1 unspecified atom stereocenters. The van der Waals surface area contributed by atoms with Crippen LogP contribution < -0.4 is 4.89 Å². The van der Waals surface area contributed by atoms with E-state index >= 15 is 0 Å². The summed E-state index contributed by atoms with van der Waals surface area (Å²) in [6.45, 7) is 3.30. The number of hydrogen-bond donors (Lipinski definition) is 0. The van der Waals surface area contributed by atoms with E-state index in [0.29, 0.717) is 11.9 Å². The lowest BCUT2D eigenvalue weighted by Gasteiger charge is -2.21. The Morgan fingerprint density at radius 2 is 1.11 bits per heavy atom. The first-order valence-corrected chi connectivity index (χ1v) is 13.4. The molecule has 1 atom stereocenters. The van der Waals surface area contributed by atoms with Crippen molar-refractivity contribution >= 4 is 23.8 Å². The molecule has 0 saturated carbocycles. The summed E-state index contributed by atoms with van der Waals surface area (Å²) in [5.74, 6) is 0. The van der Waals surface area contributed by atoms with E-state index < -0.39 is 7.82 Å². The van der Waals surface area contributed by atoms with E-state index in [-0.39, 0.29) is 19.8 Å². The highest BCUT2D eigenvalue weighted by atomic mass is 79.9. The first-order chi connectivity index (χ1) is 13.1. The molecule has 0 spiro atoms. The van der Waals surface area contributed by atoms with Gasteiger partial charge in [0.2, 0.25) is 0 Å². The quantitative estimate of drug-likeness (QED) is 0.104. The molecular formula is C20H41BrO5P-. The number of halogens is 1. The van der Waals surface area contributed by atoms with Crippen molar-refractivity contribution in [2.45, 2.75) is 96.8 Å². The van der Waals surface area contributed by atoms with Gasteiger partial charge in [-0.1, -0.05) is 106 Å². The van der Waals surface area contributed by atoms with Crippen LogP contribution in [0.3, 0.4) is 0 Å². The predicted molar refractivity (Wildman–Crippen MR) is 114 cm³/mol. The van der Waals surface area contributed by atoms with Crippen molar-refractivity contribution in [1.29, 1.82) is 0 Å². The molecule has 0 N–H and O–H groups in total. The normalized spacial score (nSPS) is 13.7. The molecule has 5 nitrogen and oxygen atoms in total. The topological polar surface area (TPSA) is 67.8 Å². The monoisotopic (exact) mass is 471 g/mol. The Labute approximate surface area is 175 Å². The maximum absolute atomic E-state index is 11.3. The third-order valence-corrected chi connectivity index (χ3v) is 5.77. The predicted octanol–water partition coefficient (Wildman–Crippen LogP) is 6.38. The molecule has 0 saturated heterocycles. The van der Waals surface area contributed by atoms with Crippen LogP contribution in [-0.2, 0) is 18.3 Å². The van der Waals surface area contributed by atoms with Gasteiger partial charge in [-0.05, 0) is 6.42 Å². The van der Waals surface area contributed by atoms with Crippen molar-refractivity contribution in [3.63, 3.8) is 0 Å². The van der Waals surface area contributed by atoms with Crippen LogP contribution in [0.2, 0.25) is 0 Å². The maximum atomic E-state index is 11.3. The molecule has 0 amide bonds. The van der Waals surface area contributed by atoms with Crippen molar-refractivity contribution in [2.24, 2.45) is 0 Å². The summed E-state index contributed by atoms with van der Waals surface area (Å²) in [7, 11) is -4.16. The van der Waals surface area contributed by atoms with E-state index in [1.54, 1.807) is 0 Å². The van der Waals surface area contributed by atoms with Gasteiger partial charge in [0.25, 0.3) is 7.82 Å². The molecule has 0 aliphatic carbocycles. The van der Waals surface area contributed by atoms with Gasteiger partial charge in [-0.15, -0.1) is 0 Å². The van der Waals surface area contributed by atoms with Gasteiger partial charge in [-0.25, -0.2) is 0 Å². The standard InChI is InChI=1S/C20H42BrO5P/c1-2-3-4-5-6-7-8-9-10-11-12-13-14-15-17-24-19-20-26-27(22,23)25-18-16-21/h2-20H2,1H3,(H,22,23)/p-1. The average Bonchev–Trinajstić information content (AvgIpc) is 2.65. The van der Waals surface area contributed by atoms with E-state index in [4.69, 9.17) is 4.74 Å². The van der Waals surface area contributed by atoms with Gasteiger partial charge in [0.1, 0.15) is 0 Å². The third kappa shape index (κ3) is 22.7. The molecule has 0 aromatic heterocycles. The minimum atomic E-state index is -4.16. The molecule has 7 heteroatoms. The highest BCUT2D eigenvalue weighted by Gasteiger charge is 2.07. The summed E-state index contributed by atoms with van der Waals surface area (Å²) < 4.78 is 25.9. The molecule has 164 valence electrons. The molecular weight excluding hydrogens is 431 g/mol. The Bertz CT molecular complexity index is 344. The van der Waals surface area contributed by atoms with Crippen LogP contribution >= 0.6 is 23.8 Å². The SMILES string of the molecule is CCCCCCCCCCCCCCCCOCCOP(=O)([O-])OCCBr. The molecule has 0 aromatic rings. The summed E-state index contributed by atoms with van der Waals surface area (Å²) in [5.41, 5.74) is 0. The summed E-state index contributed by atoms with van der Waals surface area (Å²) in [6.07, 6.45) is 18.7. The van der Waals surface area contributed by atoms with Crippen molar-refractivity contribution in [3.8, 4) is 0 Å². The van der Waals surface area contributed by atoms with E-state index in [9.17, 15) is 9.46 Å². The molecule has 0 rings (SSSR count). The fourth-order valence-electron chi connectivity index (χ4n) is 2.89. The van der Waals surface area contributed by atoms with Crippen molar-refractivity contribution in [2.75, 3.05) is 31.8 Å². The highest BCUT2D eigenvalue weighted by molar-refractivity contribution is 9.09. The van der Waals surface area contributed by atoms with Crippen molar-refractivity contribution in [1.82, 2.24) is 0 Å². The number of alkyl halides is 1. The fraction of sp³-hybridized carbons (Fsp3) is 1.00. The van der Waals surface area contributed by atoms with Gasteiger partial charge in [-0.3, -0.25) is 4.57 Å². The van der Waals surface area contributed by atoms with E-state index in [0.717, 1.165) is 6.42 Å². The first kappa shape index (κ1) is 27.5. The molecule has 27 heavy (non-hydrogen) atoms. The Morgan fingerprint density at radius 3 is 1.59 bits per heavy atom. The number of hydrogen-bond acceptors (Lipinski definition) is 5. The van der Waals surface area contributed by atoms with E-state index in [1.807, 2.05) is 0 Å². The number of rotatable bonds is 22. The van der Waals surface area contributed by atoms with Crippen LogP contribution in [0.15, 0.2) is 0 Å². The second-order valence-electron chi connectivity index (χ2n) is 7.01. The zero-order valence-corrected chi connectivity index (χ0v) is 19.8. The largest absolute Gasteiger partial charge is 0.756 e. The lowest BCUT2D eigenvalue weighted by atomic mass is 10.0. The Balaban J connectivity index is 3.14. The van der Waals surface area contributed by atoms with Gasteiger partial charge in [0, 0.05) is 11.9 Å². The number of phosphoric acid groups is 1. The summed E-state index contributed by atoms with van der Waals surface area (Å²) in [6, 6.07) is 0. The third-order valence-electron chi connectivity index (χ3n) is 4.45. The van der Waals surface area contributed by atoms with E-state index in [1.165, 1.54) is 83.5 Å². The van der Waals surface area contributed by atoms with Crippen molar-refractivity contribution in [3.05, 3.63) is 0 Å². The molecule has 0 aliphatic rings. The van der Waals surface area contributed by atoms with Gasteiger partial charge in [-0.2, -0.15) is 0 Å². The molecule has 0 fully saturated rings. The van der Waals surface area contributed by atoms with Gasteiger partial charge in [0.05, 0.1) is 19.8 Å². The Hall–Kier alpha value is 0.550. The van der Waals surface area contributed by atoms with Crippen LogP contribution in [-0.4, -0.2) is 31.8 Å². The molecule has 0 bridgehead atoms. The fourth-order valence-corrected chi connectivity index (χ4v) is 3.99. The highest BCUT2D eigenvalue weighted by Crippen LogP contribution is 2.37. The summed E-state index contributed by atoms with van der Waals surface area (Å²) in [4.78, 5) is 11.3. The number of ether oxygens (including phenoxy) is 1. The lowest BCUT2D eigenvalue weighted by molar-refractivity contribution is -0.225. The number of unbranched alkanes of at least 4 members (excludes halogenated alkanes) is 13. The molecule has 0 aromatic carbocycles. The maximum Gasteiger partial charge on any atom is 0.267 e. The van der Waals surface area contributed by atoms with Crippen LogP contribution in [0.5, 0.6) is 0 Å². The summed E-state index contributed by atoms with van der Waals surface area (Å²) >= 11 is 3.09. The number of phosphoric ester groups is 1. The smallest absolute Gasteiger partial charge is 0.267 e. The minimum absolute atomic E-state index is 0.0155. The first-order valence-electron chi connectivity index (χ1n) is 10.9. The molecule has 0 radical (unpaired) electrons. The zero-order valence-electron chi connectivity index (χ0n) is 17.3. The minimum Gasteiger partial charge on any atom is -0.756 e. The molecule has 0 heterocycles. The lowest BCUT2D eigenvalue weighted by Crippen LogP contribution is -2.13.